The van der Waals surface area contributed by atoms with Gasteiger partial charge in [-0.1, -0.05) is 6.42 Å². The topological polar surface area (TPSA) is 88.2 Å². The molecular weight excluding hydrogens is 326 g/mol. The first-order chi connectivity index (χ1) is 12.0. The molecule has 2 aliphatic rings. The van der Waals surface area contributed by atoms with Gasteiger partial charge in [-0.3, -0.25) is 14.4 Å². The lowest BCUT2D eigenvalue weighted by Crippen LogP contribution is -2.58. The summed E-state index contributed by atoms with van der Waals surface area (Å²) in [7, 11) is 3.12. The van der Waals surface area contributed by atoms with E-state index in [4.69, 9.17) is 9.47 Å². The average molecular weight is 355 g/mol. The molecule has 2 aliphatic heterocycles. The van der Waals surface area contributed by atoms with Gasteiger partial charge in [0.2, 0.25) is 17.7 Å². The number of amides is 3. The number of rotatable bonds is 6. The van der Waals surface area contributed by atoms with Crippen molar-refractivity contribution in [1.82, 2.24) is 15.1 Å². The number of nitrogens with zero attached hydrogens (tertiary/aromatic N) is 2. The molecule has 0 spiro atoms. The minimum Gasteiger partial charge on any atom is -0.382 e. The number of hydrogen-bond donors (Lipinski definition) is 1. The molecule has 2 heterocycles. The summed E-state index contributed by atoms with van der Waals surface area (Å²) in [5.74, 6) is -0.211. The Labute approximate surface area is 148 Å². The maximum Gasteiger partial charge on any atom is 0.242 e. The van der Waals surface area contributed by atoms with Gasteiger partial charge in [0, 0.05) is 33.7 Å². The second-order valence-electron chi connectivity index (χ2n) is 6.76. The van der Waals surface area contributed by atoms with Crippen LogP contribution in [0.1, 0.15) is 32.1 Å². The minimum absolute atomic E-state index is 0.0487. The van der Waals surface area contributed by atoms with Gasteiger partial charge in [0.15, 0.2) is 0 Å². The highest BCUT2D eigenvalue weighted by Gasteiger charge is 2.40. The first-order valence-corrected chi connectivity index (χ1v) is 8.89. The molecule has 1 unspecified atom stereocenters. The van der Waals surface area contributed by atoms with Crippen molar-refractivity contribution < 1.29 is 23.9 Å². The highest BCUT2D eigenvalue weighted by atomic mass is 16.5. The predicted molar refractivity (Wildman–Crippen MR) is 90.9 cm³/mol. The second kappa shape index (κ2) is 9.15. The summed E-state index contributed by atoms with van der Waals surface area (Å²) in [5.41, 5.74) is -0.842. The molecule has 2 rings (SSSR count). The Morgan fingerprint density at radius 3 is 2.80 bits per heavy atom. The quantitative estimate of drug-likeness (QED) is 0.711. The number of hydrogen-bond acceptors (Lipinski definition) is 5. The van der Waals surface area contributed by atoms with E-state index in [1.165, 1.54) is 0 Å². The summed E-state index contributed by atoms with van der Waals surface area (Å²) in [5, 5.41) is 2.59. The van der Waals surface area contributed by atoms with E-state index in [9.17, 15) is 14.4 Å². The van der Waals surface area contributed by atoms with E-state index >= 15 is 0 Å². The van der Waals surface area contributed by atoms with Gasteiger partial charge in [-0.2, -0.15) is 0 Å². The number of morpholine rings is 1. The Hall–Kier alpha value is -1.67. The van der Waals surface area contributed by atoms with E-state index in [0.717, 1.165) is 19.3 Å². The van der Waals surface area contributed by atoms with E-state index in [1.807, 2.05) is 0 Å². The molecule has 0 radical (unpaired) electrons. The molecule has 0 bridgehead atoms. The van der Waals surface area contributed by atoms with Crippen LogP contribution in [0.5, 0.6) is 0 Å². The SMILES string of the molecule is CNC(=O)CC1(COC)CN(C(=O)CN2CCCCCC2=O)CCO1. The van der Waals surface area contributed by atoms with Crippen molar-refractivity contribution in [3.05, 3.63) is 0 Å². The summed E-state index contributed by atoms with van der Waals surface area (Å²) in [6.07, 6.45) is 3.50. The van der Waals surface area contributed by atoms with Crippen LogP contribution in [0.15, 0.2) is 0 Å². The lowest BCUT2D eigenvalue weighted by Gasteiger charge is -2.42. The zero-order valence-corrected chi connectivity index (χ0v) is 15.2. The van der Waals surface area contributed by atoms with Crippen molar-refractivity contribution in [3.8, 4) is 0 Å². The number of carbonyl (C=O) groups excluding carboxylic acids is 3. The van der Waals surface area contributed by atoms with Gasteiger partial charge >= 0.3 is 0 Å². The summed E-state index contributed by atoms with van der Waals surface area (Å²) in [4.78, 5) is 40.0. The lowest BCUT2D eigenvalue weighted by molar-refractivity contribution is -0.167. The molecule has 0 saturated carbocycles. The molecule has 2 saturated heterocycles. The number of likely N-dealkylation sites (tertiary alicyclic amines) is 1. The van der Waals surface area contributed by atoms with Crippen LogP contribution in [0.25, 0.3) is 0 Å². The standard InChI is InChI=1S/C17H29N3O5/c1-18-14(21)10-17(13-24-2)12-20(8-9-25-17)16(23)11-19-7-5-3-4-6-15(19)22/h3-13H2,1-2H3,(H,18,21). The molecule has 0 aromatic heterocycles. The molecular formula is C17H29N3O5. The molecule has 1 N–H and O–H groups in total. The lowest BCUT2D eigenvalue weighted by atomic mass is 9.97. The van der Waals surface area contributed by atoms with Crippen molar-refractivity contribution >= 4 is 17.7 Å². The van der Waals surface area contributed by atoms with Gasteiger partial charge in [0.1, 0.15) is 5.60 Å². The summed E-state index contributed by atoms with van der Waals surface area (Å²) < 4.78 is 11.1. The number of ether oxygens (including phenoxy) is 2. The first kappa shape index (κ1) is 19.7. The molecule has 2 fully saturated rings. The number of nitrogens with one attached hydrogen (secondary N) is 1. The predicted octanol–water partition coefficient (Wildman–Crippen LogP) is -0.231. The fraction of sp³-hybridized carbons (Fsp3) is 0.824. The molecule has 0 aromatic carbocycles. The van der Waals surface area contributed by atoms with Crippen LogP contribution in [0.4, 0.5) is 0 Å². The highest BCUT2D eigenvalue weighted by Crippen LogP contribution is 2.23. The van der Waals surface area contributed by atoms with Crippen LogP contribution in [0, 0.1) is 0 Å². The van der Waals surface area contributed by atoms with Crippen LogP contribution in [-0.4, -0.2) is 86.7 Å². The Kier molecular flexibility index (Phi) is 7.19. The first-order valence-electron chi connectivity index (χ1n) is 8.89. The third kappa shape index (κ3) is 5.40. The Bertz CT molecular complexity index is 495. The monoisotopic (exact) mass is 355 g/mol. The maximum atomic E-state index is 12.7. The zero-order valence-electron chi connectivity index (χ0n) is 15.2. The van der Waals surface area contributed by atoms with Crippen LogP contribution < -0.4 is 5.32 Å². The van der Waals surface area contributed by atoms with Crippen molar-refractivity contribution in [2.45, 2.75) is 37.7 Å². The number of carbonyl (C=O) groups is 3. The van der Waals surface area contributed by atoms with Gasteiger partial charge in [-0.15, -0.1) is 0 Å². The van der Waals surface area contributed by atoms with Crippen molar-refractivity contribution in [3.63, 3.8) is 0 Å². The van der Waals surface area contributed by atoms with Gasteiger partial charge in [-0.25, -0.2) is 0 Å². The Morgan fingerprint density at radius 2 is 2.08 bits per heavy atom. The van der Waals surface area contributed by atoms with Crippen LogP contribution >= 0.6 is 0 Å². The molecule has 142 valence electrons. The van der Waals surface area contributed by atoms with Crippen molar-refractivity contribution in [2.75, 3.05) is 53.6 Å². The van der Waals surface area contributed by atoms with E-state index in [0.29, 0.717) is 26.1 Å². The van der Waals surface area contributed by atoms with Crippen LogP contribution in [0.2, 0.25) is 0 Å². The van der Waals surface area contributed by atoms with Gasteiger partial charge in [-0.05, 0) is 12.8 Å². The summed E-state index contributed by atoms with van der Waals surface area (Å²) in [6, 6.07) is 0. The Balaban J connectivity index is 2.01. The van der Waals surface area contributed by atoms with E-state index < -0.39 is 5.60 Å². The maximum absolute atomic E-state index is 12.7. The van der Waals surface area contributed by atoms with Gasteiger partial charge in [0.05, 0.1) is 32.7 Å². The molecule has 8 heteroatoms. The van der Waals surface area contributed by atoms with E-state index in [1.54, 1.807) is 24.0 Å². The smallest absolute Gasteiger partial charge is 0.242 e. The van der Waals surface area contributed by atoms with Crippen LogP contribution in [-0.2, 0) is 23.9 Å². The van der Waals surface area contributed by atoms with Gasteiger partial charge in [0.25, 0.3) is 0 Å². The van der Waals surface area contributed by atoms with E-state index in [-0.39, 0.29) is 43.8 Å². The third-order valence-corrected chi connectivity index (χ3v) is 4.77. The third-order valence-electron chi connectivity index (χ3n) is 4.77. The van der Waals surface area contributed by atoms with Crippen LogP contribution in [0.3, 0.4) is 0 Å². The van der Waals surface area contributed by atoms with E-state index in [2.05, 4.69) is 5.32 Å². The highest BCUT2D eigenvalue weighted by molar-refractivity contribution is 5.85. The molecule has 0 aliphatic carbocycles. The Morgan fingerprint density at radius 1 is 1.28 bits per heavy atom. The summed E-state index contributed by atoms with van der Waals surface area (Å²) >= 11 is 0. The minimum atomic E-state index is -0.842. The van der Waals surface area contributed by atoms with Gasteiger partial charge < -0.3 is 24.6 Å². The average Bonchev–Trinajstić information content (AvgIpc) is 2.79. The largest absolute Gasteiger partial charge is 0.382 e. The van der Waals surface area contributed by atoms with Crippen molar-refractivity contribution in [2.24, 2.45) is 0 Å². The number of methoxy groups -OCH3 is 1. The fourth-order valence-corrected chi connectivity index (χ4v) is 3.42. The fourth-order valence-electron chi connectivity index (χ4n) is 3.42. The van der Waals surface area contributed by atoms with Crippen molar-refractivity contribution in [1.29, 1.82) is 0 Å². The molecule has 8 nitrogen and oxygen atoms in total. The second-order valence-corrected chi connectivity index (χ2v) is 6.76. The molecule has 25 heavy (non-hydrogen) atoms. The molecule has 3 amide bonds. The normalized spacial score (nSPS) is 24.8. The molecule has 1 atom stereocenters. The molecule has 0 aromatic rings. The summed E-state index contributed by atoms with van der Waals surface area (Å²) in [6.45, 7) is 2.06. The zero-order chi connectivity index (χ0) is 18.3.